The molecule has 16 heavy (non-hydrogen) atoms. The van der Waals surface area contributed by atoms with Gasteiger partial charge in [0.25, 0.3) is 0 Å². The van der Waals surface area contributed by atoms with Crippen molar-refractivity contribution < 1.29 is 0 Å². The smallest absolute Gasteiger partial charge is 0.166 e. The van der Waals surface area contributed by atoms with Crippen molar-refractivity contribution in [1.82, 2.24) is 9.97 Å². The van der Waals surface area contributed by atoms with Crippen LogP contribution in [0.2, 0.25) is 0 Å². The lowest BCUT2D eigenvalue weighted by Crippen LogP contribution is -1.99. The number of hydrogen-bond acceptors (Lipinski definition) is 3. The van der Waals surface area contributed by atoms with E-state index >= 15 is 0 Å². The maximum Gasteiger partial charge on any atom is 0.166 e. The molecule has 1 atom stereocenters. The highest BCUT2D eigenvalue weighted by Crippen LogP contribution is 2.26. The predicted octanol–water partition coefficient (Wildman–Crippen LogP) is 3.35. The van der Waals surface area contributed by atoms with Gasteiger partial charge in [0.1, 0.15) is 0 Å². The van der Waals surface area contributed by atoms with Crippen molar-refractivity contribution in [1.29, 1.82) is 5.26 Å². The zero-order valence-corrected chi connectivity index (χ0v) is 9.92. The van der Waals surface area contributed by atoms with Gasteiger partial charge in [0.05, 0.1) is 17.1 Å². The van der Waals surface area contributed by atoms with Crippen molar-refractivity contribution in [3.05, 3.63) is 24.3 Å². The van der Waals surface area contributed by atoms with E-state index in [1.165, 1.54) is 0 Å². The molecule has 0 saturated heterocycles. The van der Waals surface area contributed by atoms with Gasteiger partial charge >= 0.3 is 0 Å². The summed E-state index contributed by atoms with van der Waals surface area (Å²) in [4.78, 5) is 7.74. The fourth-order valence-corrected chi connectivity index (χ4v) is 2.47. The highest BCUT2D eigenvalue weighted by atomic mass is 32.2. The fraction of sp³-hybridized carbons (Fsp3) is 0.333. The number of thioether (sulfide) groups is 1. The van der Waals surface area contributed by atoms with Crippen LogP contribution in [0, 0.1) is 11.3 Å². The first-order valence-corrected chi connectivity index (χ1v) is 6.19. The number of fused-ring (bicyclic) bond motifs is 1. The number of H-pyrrole nitrogens is 1. The lowest BCUT2D eigenvalue weighted by Gasteiger charge is -2.06. The molecular weight excluding hydrogens is 218 g/mol. The number of nitrogens with zero attached hydrogens (tertiary/aromatic N) is 2. The van der Waals surface area contributed by atoms with Crippen LogP contribution in [0.15, 0.2) is 29.4 Å². The number of hydrogen-bond donors (Lipinski definition) is 1. The molecule has 0 amide bonds. The van der Waals surface area contributed by atoms with Gasteiger partial charge in [-0.1, -0.05) is 30.8 Å². The van der Waals surface area contributed by atoms with Crippen molar-refractivity contribution in [2.75, 3.05) is 0 Å². The van der Waals surface area contributed by atoms with Crippen LogP contribution < -0.4 is 0 Å². The van der Waals surface area contributed by atoms with Gasteiger partial charge in [-0.3, -0.25) is 0 Å². The molecule has 4 heteroatoms. The molecule has 0 saturated carbocycles. The molecule has 1 aromatic carbocycles. The Morgan fingerprint density at radius 1 is 1.50 bits per heavy atom. The van der Waals surface area contributed by atoms with E-state index in [2.05, 4.69) is 23.0 Å². The van der Waals surface area contributed by atoms with Crippen LogP contribution in [0.25, 0.3) is 11.0 Å². The first-order valence-electron chi connectivity index (χ1n) is 5.32. The number of benzene rings is 1. The molecule has 1 unspecified atom stereocenters. The van der Waals surface area contributed by atoms with E-state index < -0.39 is 0 Å². The second kappa shape index (κ2) is 5.04. The fourth-order valence-electron chi connectivity index (χ4n) is 1.51. The summed E-state index contributed by atoms with van der Waals surface area (Å²) in [6.07, 6.45) is 1.55. The molecule has 0 aliphatic heterocycles. The van der Waals surface area contributed by atoms with Crippen LogP contribution >= 0.6 is 11.8 Å². The monoisotopic (exact) mass is 231 g/mol. The van der Waals surface area contributed by atoms with Crippen molar-refractivity contribution in [2.45, 2.75) is 30.2 Å². The maximum atomic E-state index is 8.69. The Labute approximate surface area is 98.9 Å². The Balaban J connectivity index is 2.18. The number of nitriles is 1. The molecule has 82 valence electrons. The van der Waals surface area contributed by atoms with Gasteiger partial charge in [-0.15, -0.1) is 0 Å². The first kappa shape index (κ1) is 11.0. The Kier molecular flexibility index (Phi) is 3.47. The third-order valence-electron chi connectivity index (χ3n) is 2.42. The molecule has 1 N–H and O–H groups in total. The Morgan fingerprint density at radius 2 is 2.31 bits per heavy atom. The summed E-state index contributed by atoms with van der Waals surface area (Å²) in [5.41, 5.74) is 2.04. The van der Waals surface area contributed by atoms with Gasteiger partial charge in [-0.25, -0.2) is 4.98 Å². The third-order valence-corrected chi connectivity index (χ3v) is 3.67. The average Bonchev–Trinajstić information content (AvgIpc) is 2.70. The summed E-state index contributed by atoms with van der Waals surface area (Å²) in [7, 11) is 0. The molecule has 0 radical (unpaired) electrons. The molecule has 3 nitrogen and oxygen atoms in total. The van der Waals surface area contributed by atoms with E-state index in [4.69, 9.17) is 5.26 Å². The number of rotatable bonds is 4. The lowest BCUT2D eigenvalue weighted by atomic mass is 10.3. The van der Waals surface area contributed by atoms with Crippen LogP contribution in [0.4, 0.5) is 0 Å². The van der Waals surface area contributed by atoms with Gasteiger partial charge in [-0.05, 0) is 18.6 Å². The maximum absolute atomic E-state index is 8.69. The number of aromatic nitrogens is 2. The van der Waals surface area contributed by atoms with Crippen LogP contribution in [-0.4, -0.2) is 15.2 Å². The van der Waals surface area contributed by atoms with Gasteiger partial charge in [0, 0.05) is 11.7 Å². The van der Waals surface area contributed by atoms with Gasteiger partial charge in [0.2, 0.25) is 0 Å². The minimum Gasteiger partial charge on any atom is -0.333 e. The summed E-state index contributed by atoms with van der Waals surface area (Å²) in [6.45, 7) is 2.09. The van der Waals surface area contributed by atoms with Crippen molar-refractivity contribution in [3.63, 3.8) is 0 Å². The number of aromatic amines is 1. The summed E-state index contributed by atoms with van der Waals surface area (Å²) in [5, 5.41) is 9.92. The second-order valence-electron chi connectivity index (χ2n) is 3.57. The molecule has 1 heterocycles. The molecule has 2 aromatic rings. The highest BCUT2D eigenvalue weighted by Gasteiger charge is 2.10. The molecular formula is C12H13N3S. The van der Waals surface area contributed by atoms with E-state index in [-0.39, 0.29) is 0 Å². The van der Waals surface area contributed by atoms with Gasteiger partial charge in [-0.2, -0.15) is 5.26 Å². The third kappa shape index (κ3) is 2.37. The standard InChI is InChI=1S/C12H13N3S/c1-2-9(7-8-13)16-12-14-10-5-3-4-6-11(10)15-12/h3-6,9H,2,7H2,1H3,(H,14,15). The molecule has 0 spiro atoms. The quantitative estimate of drug-likeness (QED) is 0.821. The molecule has 0 aliphatic rings. The minimum atomic E-state index is 0.325. The largest absolute Gasteiger partial charge is 0.333 e. The number of para-hydroxylation sites is 2. The lowest BCUT2D eigenvalue weighted by molar-refractivity contribution is 0.837. The Hall–Kier alpha value is -1.47. The Morgan fingerprint density at radius 3 is 3.00 bits per heavy atom. The summed E-state index contributed by atoms with van der Waals surface area (Å²) >= 11 is 1.65. The molecule has 0 fully saturated rings. The molecule has 1 aromatic heterocycles. The minimum absolute atomic E-state index is 0.325. The van der Waals surface area contributed by atoms with E-state index in [1.807, 2.05) is 24.3 Å². The van der Waals surface area contributed by atoms with Crippen LogP contribution in [-0.2, 0) is 0 Å². The summed E-state index contributed by atoms with van der Waals surface area (Å²) in [6, 6.07) is 10.2. The van der Waals surface area contributed by atoms with Crippen molar-refractivity contribution in [2.24, 2.45) is 0 Å². The van der Waals surface area contributed by atoms with E-state index in [1.54, 1.807) is 11.8 Å². The van der Waals surface area contributed by atoms with E-state index in [9.17, 15) is 0 Å². The molecule has 2 rings (SSSR count). The van der Waals surface area contributed by atoms with Crippen molar-refractivity contribution in [3.8, 4) is 6.07 Å². The SMILES string of the molecule is CCC(CC#N)Sc1nc2ccccc2[nH]1. The Bertz CT molecular complexity index is 479. The average molecular weight is 231 g/mol. The van der Waals surface area contributed by atoms with E-state index in [0.29, 0.717) is 11.7 Å². The number of nitrogens with one attached hydrogen (secondary N) is 1. The zero-order chi connectivity index (χ0) is 11.4. The first-order chi connectivity index (χ1) is 7.83. The molecule has 0 bridgehead atoms. The molecule has 0 aliphatic carbocycles. The number of imidazole rings is 1. The van der Waals surface area contributed by atoms with E-state index in [0.717, 1.165) is 22.6 Å². The van der Waals surface area contributed by atoms with Crippen LogP contribution in [0.5, 0.6) is 0 Å². The highest BCUT2D eigenvalue weighted by molar-refractivity contribution is 7.99. The summed E-state index contributed by atoms with van der Waals surface area (Å²) < 4.78 is 0. The van der Waals surface area contributed by atoms with Crippen LogP contribution in [0.3, 0.4) is 0 Å². The predicted molar refractivity (Wildman–Crippen MR) is 66.3 cm³/mol. The topological polar surface area (TPSA) is 52.5 Å². The normalized spacial score (nSPS) is 12.5. The van der Waals surface area contributed by atoms with Crippen molar-refractivity contribution >= 4 is 22.8 Å². The summed E-state index contributed by atoms with van der Waals surface area (Å²) in [5.74, 6) is 0. The van der Waals surface area contributed by atoms with Gasteiger partial charge < -0.3 is 4.98 Å². The van der Waals surface area contributed by atoms with Crippen LogP contribution in [0.1, 0.15) is 19.8 Å². The zero-order valence-electron chi connectivity index (χ0n) is 9.10. The van der Waals surface area contributed by atoms with Gasteiger partial charge in [0.15, 0.2) is 5.16 Å². The second-order valence-corrected chi connectivity index (χ2v) is 4.86.